The molecule has 1 aromatic carbocycles. The third-order valence-corrected chi connectivity index (χ3v) is 3.23. The van der Waals surface area contributed by atoms with Gasteiger partial charge in [-0.2, -0.15) is 5.10 Å². The van der Waals surface area contributed by atoms with E-state index < -0.39 is 11.6 Å². The van der Waals surface area contributed by atoms with Crippen LogP contribution in [0.25, 0.3) is 11.1 Å². The van der Waals surface area contributed by atoms with E-state index in [9.17, 15) is 8.78 Å². The molecule has 0 aliphatic heterocycles. The van der Waals surface area contributed by atoms with Gasteiger partial charge in [0.2, 0.25) is 0 Å². The van der Waals surface area contributed by atoms with Crippen LogP contribution in [0.5, 0.6) is 0 Å². The lowest BCUT2D eigenvalue weighted by Gasteiger charge is -2.05. The second-order valence-corrected chi connectivity index (χ2v) is 4.51. The molecule has 0 aliphatic carbocycles. The lowest BCUT2D eigenvalue weighted by Crippen LogP contribution is -2.11. The molecule has 0 unspecified atom stereocenters. The fourth-order valence-electron chi connectivity index (χ4n) is 2.12. The van der Waals surface area contributed by atoms with Crippen LogP contribution in [-0.4, -0.2) is 23.4 Å². The SMILES string of the molecule is CNCCc1nn(C)c(C)c1-c1ccc(F)c(F)c1. The summed E-state index contributed by atoms with van der Waals surface area (Å²) in [5.74, 6) is -1.66. The Morgan fingerprint density at radius 1 is 1.26 bits per heavy atom. The molecule has 0 saturated heterocycles. The van der Waals surface area contributed by atoms with Gasteiger partial charge >= 0.3 is 0 Å². The fourth-order valence-corrected chi connectivity index (χ4v) is 2.12. The lowest BCUT2D eigenvalue weighted by atomic mass is 10.0. The maximum absolute atomic E-state index is 13.4. The molecule has 0 atom stereocenters. The van der Waals surface area contributed by atoms with Crippen LogP contribution < -0.4 is 5.32 Å². The molecule has 3 nitrogen and oxygen atoms in total. The quantitative estimate of drug-likeness (QED) is 0.920. The Morgan fingerprint density at radius 3 is 2.63 bits per heavy atom. The first kappa shape index (κ1) is 13.7. The summed E-state index contributed by atoms with van der Waals surface area (Å²) in [5, 5.41) is 7.50. The number of rotatable bonds is 4. The Morgan fingerprint density at radius 2 is 2.00 bits per heavy atom. The average Bonchev–Trinajstić information content (AvgIpc) is 2.66. The Kier molecular flexibility index (Phi) is 3.95. The van der Waals surface area contributed by atoms with Gasteiger partial charge < -0.3 is 5.32 Å². The molecule has 0 saturated carbocycles. The van der Waals surface area contributed by atoms with E-state index in [0.717, 1.165) is 36.0 Å². The molecule has 0 radical (unpaired) electrons. The number of aromatic nitrogens is 2. The van der Waals surface area contributed by atoms with Gasteiger partial charge in [-0.1, -0.05) is 6.07 Å². The summed E-state index contributed by atoms with van der Waals surface area (Å²) in [4.78, 5) is 0. The van der Waals surface area contributed by atoms with Gasteiger partial charge in [0, 0.05) is 31.3 Å². The standard InChI is InChI=1S/C14H17F2N3/c1-9-14(10-4-5-11(15)12(16)8-10)13(6-7-17-2)18-19(9)3/h4-5,8,17H,6-7H2,1-3H3. The van der Waals surface area contributed by atoms with Crippen LogP contribution in [0, 0.1) is 18.6 Å². The number of hydrogen-bond donors (Lipinski definition) is 1. The normalized spacial score (nSPS) is 11.0. The minimum absolute atomic E-state index is 0.663. The van der Waals surface area contributed by atoms with E-state index >= 15 is 0 Å². The largest absolute Gasteiger partial charge is 0.319 e. The number of aryl methyl sites for hydroxylation is 1. The zero-order valence-corrected chi connectivity index (χ0v) is 11.3. The molecule has 1 heterocycles. The van der Waals surface area contributed by atoms with E-state index in [1.54, 1.807) is 10.7 Å². The second-order valence-electron chi connectivity index (χ2n) is 4.51. The molecule has 0 spiro atoms. The number of hydrogen-bond acceptors (Lipinski definition) is 2. The minimum atomic E-state index is -0.833. The summed E-state index contributed by atoms with van der Waals surface area (Å²) in [6, 6.07) is 3.96. The molecular weight excluding hydrogens is 248 g/mol. The Balaban J connectivity index is 2.50. The second kappa shape index (κ2) is 5.48. The molecule has 19 heavy (non-hydrogen) atoms. The van der Waals surface area contributed by atoms with Crippen molar-refractivity contribution in [3.63, 3.8) is 0 Å². The molecule has 1 aromatic heterocycles. The van der Waals surface area contributed by atoms with Gasteiger partial charge in [0.05, 0.1) is 5.69 Å². The molecule has 0 bridgehead atoms. The topological polar surface area (TPSA) is 29.9 Å². The molecule has 5 heteroatoms. The summed E-state index contributed by atoms with van der Waals surface area (Å²) in [7, 11) is 3.72. The van der Waals surface area contributed by atoms with Gasteiger partial charge in [-0.05, 0) is 31.7 Å². The Hall–Kier alpha value is -1.75. The smallest absolute Gasteiger partial charge is 0.159 e. The molecule has 0 amide bonds. The van der Waals surface area contributed by atoms with Gasteiger partial charge in [0.25, 0.3) is 0 Å². The molecular formula is C14H17F2N3. The molecule has 2 aromatic rings. The van der Waals surface area contributed by atoms with Crippen molar-refractivity contribution in [3.05, 3.63) is 41.2 Å². The van der Waals surface area contributed by atoms with Crippen molar-refractivity contribution >= 4 is 0 Å². The predicted molar refractivity (Wildman–Crippen MR) is 70.9 cm³/mol. The third-order valence-electron chi connectivity index (χ3n) is 3.23. The number of nitrogens with one attached hydrogen (secondary N) is 1. The third kappa shape index (κ3) is 2.66. The number of nitrogens with zero attached hydrogens (tertiary/aromatic N) is 2. The van der Waals surface area contributed by atoms with E-state index in [-0.39, 0.29) is 0 Å². The highest BCUT2D eigenvalue weighted by Gasteiger charge is 2.15. The average molecular weight is 265 g/mol. The van der Waals surface area contributed by atoms with Crippen molar-refractivity contribution in [3.8, 4) is 11.1 Å². The zero-order valence-electron chi connectivity index (χ0n) is 11.3. The van der Waals surface area contributed by atoms with Crippen molar-refractivity contribution in [1.82, 2.24) is 15.1 Å². The highest BCUT2D eigenvalue weighted by Crippen LogP contribution is 2.28. The predicted octanol–water partition coefficient (Wildman–Crippen LogP) is 2.44. The molecule has 0 aliphatic rings. The monoisotopic (exact) mass is 265 g/mol. The van der Waals surface area contributed by atoms with Gasteiger partial charge in [-0.15, -0.1) is 0 Å². The van der Waals surface area contributed by atoms with Crippen LogP contribution in [0.3, 0.4) is 0 Å². The van der Waals surface area contributed by atoms with Crippen LogP contribution in [-0.2, 0) is 13.5 Å². The first-order valence-electron chi connectivity index (χ1n) is 6.17. The molecule has 102 valence electrons. The first-order valence-corrected chi connectivity index (χ1v) is 6.17. The minimum Gasteiger partial charge on any atom is -0.319 e. The molecule has 2 rings (SSSR count). The van der Waals surface area contributed by atoms with E-state index in [4.69, 9.17) is 0 Å². The maximum atomic E-state index is 13.4. The van der Waals surface area contributed by atoms with Gasteiger partial charge in [0.1, 0.15) is 0 Å². The van der Waals surface area contributed by atoms with Crippen molar-refractivity contribution in [2.75, 3.05) is 13.6 Å². The highest BCUT2D eigenvalue weighted by molar-refractivity contribution is 5.68. The Labute approximate surface area is 111 Å². The van der Waals surface area contributed by atoms with Crippen LogP contribution in [0.15, 0.2) is 18.2 Å². The maximum Gasteiger partial charge on any atom is 0.159 e. The van der Waals surface area contributed by atoms with Crippen molar-refractivity contribution in [2.45, 2.75) is 13.3 Å². The number of benzene rings is 1. The van der Waals surface area contributed by atoms with E-state index in [1.807, 2.05) is 21.0 Å². The summed E-state index contributed by atoms with van der Waals surface area (Å²) in [6.45, 7) is 2.71. The van der Waals surface area contributed by atoms with E-state index in [1.165, 1.54) is 6.07 Å². The molecule has 1 N–H and O–H groups in total. The van der Waals surface area contributed by atoms with Crippen LogP contribution >= 0.6 is 0 Å². The van der Waals surface area contributed by atoms with Crippen molar-refractivity contribution < 1.29 is 8.78 Å². The van der Waals surface area contributed by atoms with Crippen LogP contribution in [0.1, 0.15) is 11.4 Å². The number of likely N-dealkylation sites (N-methyl/N-ethyl adjacent to an activating group) is 1. The summed E-state index contributed by atoms with van der Waals surface area (Å²) in [6.07, 6.45) is 0.743. The number of halogens is 2. The van der Waals surface area contributed by atoms with Crippen molar-refractivity contribution in [1.29, 1.82) is 0 Å². The zero-order chi connectivity index (χ0) is 14.0. The van der Waals surface area contributed by atoms with Gasteiger partial charge in [-0.3, -0.25) is 4.68 Å². The first-order chi connectivity index (χ1) is 9.04. The highest BCUT2D eigenvalue weighted by atomic mass is 19.2. The van der Waals surface area contributed by atoms with E-state index in [0.29, 0.717) is 5.56 Å². The van der Waals surface area contributed by atoms with Gasteiger partial charge in [-0.25, -0.2) is 8.78 Å². The van der Waals surface area contributed by atoms with E-state index in [2.05, 4.69) is 10.4 Å². The lowest BCUT2D eigenvalue weighted by molar-refractivity contribution is 0.509. The van der Waals surface area contributed by atoms with Crippen LogP contribution in [0.4, 0.5) is 8.78 Å². The Bertz CT molecular complexity index is 591. The fraction of sp³-hybridized carbons (Fsp3) is 0.357. The summed E-state index contributed by atoms with van der Waals surface area (Å²) < 4.78 is 28.2. The van der Waals surface area contributed by atoms with Gasteiger partial charge in [0.15, 0.2) is 11.6 Å². The summed E-state index contributed by atoms with van der Waals surface area (Å²) >= 11 is 0. The van der Waals surface area contributed by atoms with Crippen molar-refractivity contribution in [2.24, 2.45) is 7.05 Å². The van der Waals surface area contributed by atoms with Crippen LogP contribution in [0.2, 0.25) is 0 Å². The molecule has 0 fully saturated rings. The summed E-state index contributed by atoms with van der Waals surface area (Å²) in [5.41, 5.74) is 3.38.